The highest BCUT2D eigenvalue weighted by Gasteiger charge is 2.07. The lowest BCUT2D eigenvalue weighted by atomic mass is 10.1. The molecule has 0 amide bonds. The highest BCUT2D eigenvalue weighted by molar-refractivity contribution is 9.10. The fraction of sp³-hybridized carbons (Fsp3) is 0.333. The van der Waals surface area contributed by atoms with E-state index in [4.69, 9.17) is 10.8 Å². The van der Waals surface area contributed by atoms with E-state index in [9.17, 15) is 0 Å². The third-order valence-electron chi connectivity index (χ3n) is 1.75. The third kappa shape index (κ3) is 3.27. The van der Waals surface area contributed by atoms with Crippen LogP contribution in [0.4, 0.5) is 0 Å². The maximum atomic E-state index is 8.84. The topological polar surface area (TPSA) is 46.2 Å². The van der Waals surface area contributed by atoms with E-state index < -0.39 is 0 Å². The first-order valence-corrected chi connectivity index (χ1v) is 4.57. The number of aryl methyl sites for hydroxylation is 1. The fourth-order valence-electron chi connectivity index (χ4n) is 1.03. The summed E-state index contributed by atoms with van der Waals surface area (Å²) in [6.45, 7) is 1.99. The van der Waals surface area contributed by atoms with Gasteiger partial charge in [-0.05, 0) is 24.1 Å². The summed E-state index contributed by atoms with van der Waals surface area (Å²) in [7, 11) is 0. The van der Waals surface area contributed by atoms with Gasteiger partial charge in [-0.15, -0.1) is 12.4 Å². The predicted molar refractivity (Wildman–Crippen MR) is 60.1 cm³/mol. The van der Waals surface area contributed by atoms with Crippen molar-refractivity contribution in [3.8, 4) is 0 Å². The van der Waals surface area contributed by atoms with E-state index in [1.165, 1.54) is 5.56 Å². The average molecular weight is 267 g/mol. The second-order valence-corrected chi connectivity index (χ2v) is 3.67. The monoisotopic (exact) mass is 265 g/mol. The number of hydrogen-bond donors (Lipinski definition) is 2. The summed E-state index contributed by atoms with van der Waals surface area (Å²) in [5.41, 5.74) is 7.79. The summed E-state index contributed by atoms with van der Waals surface area (Å²) >= 11 is 3.40. The Kier molecular flexibility index (Phi) is 5.56. The van der Waals surface area contributed by atoms with Crippen LogP contribution in [0.5, 0.6) is 0 Å². The van der Waals surface area contributed by atoms with Crippen molar-refractivity contribution in [3.63, 3.8) is 0 Å². The van der Waals surface area contributed by atoms with Crippen molar-refractivity contribution in [1.29, 1.82) is 0 Å². The van der Waals surface area contributed by atoms with Crippen LogP contribution in [0.25, 0.3) is 0 Å². The van der Waals surface area contributed by atoms with Crippen LogP contribution < -0.4 is 5.73 Å². The van der Waals surface area contributed by atoms with Gasteiger partial charge in [0.05, 0.1) is 12.6 Å². The van der Waals surface area contributed by atoms with E-state index in [-0.39, 0.29) is 25.1 Å². The van der Waals surface area contributed by atoms with Crippen LogP contribution in [0.1, 0.15) is 17.2 Å². The van der Waals surface area contributed by atoms with Gasteiger partial charge in [-0.1, -0.05) is 28.1 Å². The fourth-order valence-corrected chi connectivity index (χ4v) is 1.82. The third-order valence-corrected chi connectivity index (χ3v) is 2.44. The van der Waals surface area contributed by atoms with Crippen molar-refractivity contribution in [2.24, 2.45) is 5.73 Å². The molecule has 0 aromatic heterocycles. The van der Waals surface area contributed by atoms with E-state index >= 15 is 0 Å². The van der Waals surface area contributed by atoms with Crippen molar-refractivity contribution in [2.45, 2.75) is 13.0 Å². The number of nitrogens with two attached hydrogens (primary N) is 1. The molecule has 0 saturated heterocycles. The number of aliphatic hydroxyl groups excluding tert-OH is 1. The molecule has 0 fully saturated rings. The number of rotatable bonds is 2. The lowest BCUT2D eigenvalue weighted by Gasteiger charge is -2.10. The van der Waals surface area contributed by atoms with Crippen LogP contribution >= 0.6 is 28.3 Å². The second-order valence-electron chi connectivity index (χ2n) is 2.81. The highest BCUT2D eigenvalue weighted by atomic mass is 79.9. The van der Waals surface area contributed by atoms with Crippen molar-refractivity contribution in [3.05, 3.63) is 33.8 Å². The van der Waals surface area contributed by atoms with E-state index in [1.807, 2.05) is 25.1 Å². The first kappa shape index (κ1) is 12.9. The Labute approximate surface area is 92.7 Å². The van der Waals surface area contributed by atoms with Gasteiger partial charge in [0.15, 0.2) is 0 Å². The molecule has 1 rings (SSSR count). The van der Waals surface area contributed by atoms with E-state index in [0.29, 0.717) is 0 Å². The van der Waals surface area contributed by atoms with Crippen LogP contribution in [0.2, 0.25) is 0 Å². The van der Waals surface area contributed by atoms with Crippen LogP contribution in [0, 0.1) is 6.92 Å². The molecule has 0 aliphatic rings. The lowest BCUT2D eigenvalue weighted by Crippen LogP contribution is -2.14. The summed E-state index contributed by atoms with van der Waals surface area (Å²) in [4.78, 5) is 0. The number of benzene rings is 1. The minimum atomic E-state index is -0.292. The first-order chi connectivity index (χ1) is 5.65. The molecular weight excluding hydrogens is 253 g/mol. The van der Waals surface area contributed by atoms with Gasteiger partial charge < -0.3 is 10.8 Å². The van der Waals surface area contributed by atoms with E-state index in [1.54, 1.807) is 0 Å². The molecule has 0 spiro atoms. The molecule has 13 heavy (non-hydrogen) atoms. The number of halogens is 2. The smallest absolute Gasteiger partial charge is 0.0624 e. The summed E-state index contributed by atoms with van der Waals surface area (Å²) in [6, 6.07) is 5.61. The molecule has 74 valence electrons. The Morgan fingerprint density at radius 2 is 2.15 bits per heavy atom. The minimum absolute atomic E-state index is 0. The largest absolute Gasteiger partial charge is 0.394 e. The highest BCUT2D eigenvalue weighted by Crippen LogP contribution is 2.22. The summed E-state index contributed by atoms with van der Waals surface area (Å²) in [6.07, 6.45) is 0. The van der Waals surface area contributed by atoms with Crippen LogP contribution in [0.15, 0.2) is 22.7 Å². The number of aliphatic hydroxyl groups is 1. The van der Waals surface area contributed by atoms with Gasteiger partial charge in [0.2, 0.25) is 0 Å². The van der Waals surface area contributed by atoms with Crippen LogP contribution in [-0.4, -0.2) is 11.7 Å². The predicted octanol–water partition coefficient (Wildman–Crippen LogP) is 2.17. The average Bonchev–Trinajstić information content (AvgIpc) is 2.03. The molecule has 0 heterocycles. The molecule has 0 aliphatic carbocycles. The van der Waals surface area contributed by atoms with Gasteiger partial charge in [0, 0.05) is 4.47 Å². The number of hydrogen-bond acceptors (Lipinski definition) is 2. The zero-order valence-electron chi connectivity index (χ0n) is 7.33. The Hall–Kier alpha value is -0.0900. The molecule has 0 unspecified atom stereocenters. The lowest BCUT2D eigenvalue weighted by molar-refractivity contribution is 0.267. The van der Waals surface area contributed by atoms with Gasteiger partial charge in [0.1, 0.15) is 0 Å². The molecule has 0 radical (unpaired) electrons. The quantitative estimate of drug-likeness (QED) is 0.862. The molecule has 1 aromatic rings. The SMILES string of the molecule is Cc1ccc([C@H](N)CO)c(Br)c1.Cl. The Morgan fingerprint density at radius 1 is 1.54 bits per heavy atom. The molecule has 1 atom stereocenters. The molecule has 0 aliphatic heterocycles. The van der Waals surface area contributed by atoms with Gasteiger partial charge in [-0.2, -0.15) is 0 Å². The van der Waals surface area contributed by atoms with Crippen molar-refractivity contribution >= 4 is 28.3 Å². The maximum absolute atomic E-state index is 8.84. The summed E-state index contributed by atoms with van der Waals surface area (Å²) in [5.74, 6) is 0. The van der Waals surface area contributed by atoms with Crippen molar-refractivity contribution < 1.29 is 5.11 Å². The first-order valence-electron chi connectivity index (χ1n) is 3.77. The van der Waals surface area contributed by atoms with Gasteiger partial charge in [0.25, 0.3) is 0 Å². The minimum Gasteiger partial charge on any atom is -0.394 e. The molecule has 3 N–H and O–H groups in total. The molecule has 4 heteroatoms. The van der Waals surface area contributed by atoms with Crippen LogP contribution in [0.3, 0.4) is 0 Å². The summed E-state index contributed by atoms with van der Waals surface area (Å²) < 4.78 is 0.962. The molecule has 0 bridgehead atoms. The van der Waals surface area contributed by atoms with Crippen LogP contribution in [-0.2, 0) is 0 Å². The normalized spacial score (nSPS) is 12.0. The Morgan fingerprint density at radius 3 is 2.62 bits per heavy atom. The Balaban J connectivity index is 0.00000144. The standard InChI is InChI=1S/C9H12BrNO.ClH/c1-6-2-3-7(8(10)4-6)9(11)5-12;/h2-4,9,12H,5,11H2,1H3;1H/t9-;/m1./s1. The second kappa shape index (κ2) is 5.60. The maximum Gasteiger partial charge on any atom is 0.0624 e. The van der Waals surface area contributed by atoms with Crippen molar-refractivity contribution in [2.75, 3.05) is 6.61 Å². The molecule has 2 nitrogen and oxygen atoms in total. The molecule has 0 saturated carbocycles. The van der Waals surface area contributed by atoms with Gasteiger partial charge in [-0.25, -0.2) is 0 Å². The van der Waals surface area contributed by atoms with E-state index in [2.05, 4.69) is 15.9 Å². The zero-order chi connectivity index (χ0) is 9.14. The molecule has 1 aromatic carbocycles. The van der Waals surface area contributed by atoms with E-state index in [0.717, 1.165) is 10.0 Å². The Bertz CT molecular complexity index is 280. The van der Waals surface area contributed by atoms with Crippen molar-refractivity contribution in [1.82, 2.24) is 0 Å². The van der Waals surface area contributed by atoms with Gasteiger partial charge >= 0.3 is 0 Å². The molecular formula is C9H13BrClNO. The van der Waals surface area contributed by atoms with Gasteiger partial charge in [-0.3, -0.25) is 0 Å². The summed E-state index contributed by atoms with van der Waals surface area (Å²) in [5, 5.41) is 8.84. The zero-order valence-corrected chi connectivity index (χ0v) is 9.73.